The quantitative estimate of drug-likeness (QED) is 0.254. The van der Waals surface area contributed by atoms with E-state index in [4.69, 9.17) is 4.99 Å². The maximum Gasteiger partial charge on any atom is 0.270 e. The molecule has 3 aliphatic rings. The first-order valence-electron chi connectivity index (χ1n) is 12.3. The van der Waals surface area contributed by atoms with Crippen LogP contribution in [-0.4, -0.2) is 15.0 Å². The summed E-state index contributed by atoms with van der Waals surface area (Å²) in [6.45, 7) is 2.19. The van der Waals surface area contributed by atoms with Gasteiger partial charge in [0, 0.05) is 23.1 Å². The summed E-state index contributed by atoms with van der Waals surface area (Å²) in [5, 5.41) is 14.2. The first-order chi connectivity index (χ1) is 18.4. The molecule has 0 amide bonds. The number of rotatable bonds is 4. The van der Waals surface area contributed by atoms with Crippen LogP contribution < -0.4 is 0 Å². The van der Waals surface area contributed by atoms with Crippen LogP contribution >= 0.6 is 11.8 Å². The zero-order valence-electron chi connectivity index (χ0n) is 20.5. The summed E-state index contributed by atoms with van der Waals surface area (Å²) in [5.74, 6) is -0.261. The van der Waals surface area contributed by atoms with E-state index in [0.717, 1.165) is 57.2 Å². The average molecular weight is 528 g/mol. The summed E-state index contributed by atoms with van der Waals surface area (Å²) in [6, 6.07) is 19.3. The Morgan fingerprint density at radius 1 is 1.03 bits per heavy atom. The number of nitro groups is 1. The Kier molecular flexibility index (Phi) is 6.19. The van der Waals surface area contributed by atoms with E-state index < -0.39 is 4.92 Å². The molecule has 2 aliphatic heterocycles. The molecule has 3 aromatic rings. The van der Waals surface area contributed by atoms with Gasteiger partial charge in [-0.2, -0.15) is 0 Å². The van der Waals surface area contributed by atoms with E-state index >= 15 is 0 Å². The number of hydrogen-bond donors (Lipinski definition) is 0. The molecule has 0 aromatic heterocycles. The molecule has 0 saturated carbocycles. The number of halogens is 2. The number of thioether (sulfide) groups is 1. The molecule has 2 atom stereocenters. The molecule has 0 fully saturated rings. The fraction of sp³-hybridized carbons (Fsp3) is 0.167. The zero-order chi connectivity index (χ0) is 26.4. The maximum atomic E-state index is 13.9. The fourth-order valence-electron chi connectivity index (χ4n) is 5.38. The molecule has 0 spiro atoms. The predicted octanol–water partition coefficient (Wildman–Crippen LogP) is 8.10. The second kappa shape index (κ2) is 9.68. The van der Waals surface area contributed by atoms with Crippen LogP contribution in [-0.2, 0) is 0 Å². The highest BCUT2D eigenvalue weighted by Crippen LogP contribution is 2.52. The molecule has 0 radical (unpaired) electrons. The van der Waals surface area contributed by atoms with E-state index in [1.165, 1.54) is 42.1 Å². The van der Waals surface area contributed by atoms with Gasteiger partial charge in [0.25, 0.3) is 5.69 Å². The van der Waals surface area contributed by atoms with Crippen LogP contribution in [0.15, 0.2) is 100 Å². The van der Waals surface area contributed by atoms with Gasteiger partial charge >= 0.3 is 0 Å². The predicted molar refractivity (Wildman–Crippen MR) is 147 cm³/mol. The highest BCUT2D eigenvalue weighted by molar-refractivity contribution is 8.16. The number of nitrogens with zero attached hydrogens (tertiary/aromatic N) is 3. The molecule has 3 aromatic carbocycles. The molecule has 38 heavy (non-hydrogen) atoms. The highest BCUT2D eigenvalue weighted by atomic mass is 32.2. The van der Waals surface area contributed by atoms with E-state index in [2.05, 4.69) is 17.9 Å². The standard InChI is InChI=1S/C30H23F2N3O2S/c1-18-13-22(15-19-5-9-23(31)10-6-19)28-26(14-18)29(20-7-11-24(32)12-8-20)34-27(17-38-30(34)33-28)21-3-2-4-25(16-21)35(36)37/h2-12,15-18,29H,13-14H2,1H3. The first kappa shape index (κ1) is 24.3. The van der Waals surface area contributed by atoms with Crippen molar-refractivity contribution < 1.29 is 13.7 Å². The number of nitro benzene ring substituents is 1. The van der Waals surface area contributed by atoms with Crippen molar-refractivity contribution in [1.29, 1.82) is 0 Å². The zero-order valence-corrected chi connectivity index (χ0v) is 21.3. The topological polar surface area (TPSA) is 58.7 Å². The van der Waals surface area contributed by atoms with Crippen LogP contribution in [0.25, 0.3) is 11.8 Å². The molecular formula is C30H23F2N3O2S. The van der Waals surface area contributed by atoms with Crippen LogP contribution in [0, 0.1) is 27.7 Å². The molecule has 8 heteroatoms. The van der Waals surface area contributed by atoms with E-state index in [9.17, 15) is 18.9 Å². The summed E-state index contributed by atoms with van der Waals surface area (Å²) in [7, 11) is 0. The van der Waals surface area contributed by atoms with Crippen LogP contribution in [0.3, 0.4) is 0 Å². The monoisotopic (exact) mass is 527 g/mol. The second-order valence-electron chi connectivity index (χ2n) is 9.76. The number of benzene rings is 3. The number of aliphatic imine (C=N–C) groups is 1. The van der Waals surface area contributed by atoms with E-state index in [-0.39, 0.29) is 23.4 Å². The third kappa shape index (κ3) is 4.45. The molecule has 190 valence electrons. The van der Waals surface area contributed by atoms with Gasteiger partial charge in [-0.25, -0.2) is 13.8 Å². The molecule has 1 aliphatic carbocycles. The summed E-state index contributed by atoms with van der Waals surface area (Å²) in [4.78, 5) is 18.3. The van der Waals surface area contributed by atoms with E-state index in [1.807, 2.05) is 11.5 Å². The lowest BCUT2D eigenvalue weighted by Gasteiger charge is -2.41. The van der Waals surface area contributed by atoms with Gasteiger partial charge in [-0.05, 0) is 71.4 Å². The molecule has 0 saturated heterocycles. The Labute approximate surface area is 223 Å². The molecular weight excluding hydrogens is 504 g/mol. The number of amidine groups is 1. The summed E-state index contributed by atoms with van der Waals surface area (Å²) >= 11 is 1.47. The van der Waals surface area contributed by atoms with Gasteiger partial charge in [0.2, 0.25) is 0 Å². The Morgan fingerprint density at radius 2 is 1.74 bits per heavy atom. The molecule has 6 rings (SSSR count). The van der Waals surface area contributed by atoms with Crippen molar-refractivity contribution in [3.63, 3.8) is 0 Å². The van der Waals surface area contributed by atoms with Crippen LogP contribution in [0.1, 0.15) is 42.5 Å². The van der Waals surface area contributed by atoms with Crippen LogP contribution in [0.2, 0.25) is 0 Å². The SMILES string of the molecule is CC1CC(=Cc2ccc(F)cc2)C2=C(C1)C(c1ccc(F)cc1)N1C(c3cccc([N+](=O)[O-])c3)=CSC1=N2. The summed E-state index contributed by atoms with van der Waals surface area (Å²) in [5.41, 5.74) is 6.48. The Bertz CT molecular complexity index is 1560. The largest absolute Gasteiger partial charge is 0.308 e. The number of hydrogen-bond acceptors (Lipinski definition) is 5. The minimum atomic E-state index is -0.398. The number of non-ortho nitro benzene ring substituents is 1. The van der Waals surface area contributed by atoms with Crippen molar-refractivity contribution in [2.24, 2.45) is 10.9 Å². The molecule has 2 heterocycles. The second-order valence-corrected chi connectivity index (χ2v) is 10.6. The van der Waals surface area contributed by atoms with Gasteiger partial charge in [-0.1, -0.05) is 55.1 Å². The van der Waals surface area contributed by atoms with Crippen LogP contribution in [0.5, 0.6) is 0 Å². The van der Waals surface area contributed by atoms with Crippen molar-refractivity contribution in [3.8, 4) is 0 Å². The molecule has 5 nitrogen and oxygen atoms in total. The Balaban J connectivity index is 1.50. The van der Waals surface area contributed by atoms with E-state index in [1.54, 1.807) is 36.4 Å². The summed E-state index contributed by atoms with van der Waals surface area (Å²) < 4.78 is 27.5. The van der Waals surface area contributed by atoms with Gasteiger partial charge in [-0.15, -0.1) is 0 Å². The van der Waals surface area contributed by atoms with Gasteiger partial charge in [0.05, 0.1) is 22.4 Å². The third-order valence-electron chi connectivity index (χ3n) is 7.03. The number of allylic oxidation sites excluding steroid dienone is 1. The van der Waals surface area contributed by atoms with Gasteiger partial charge in [-0.3, -0.25) is 10.1 Å². The third-order valence-corrected chi connectivity index (χ3v) is 7.87. The molecule has 0 N–H and O–H groups in total. The normalized spacial score (nSPS) is 21.7. The van der Waals surface area contributed by atoms with Gasteiger partial charge in [0.1, 0.15) is 11.6 Å². The minimum absolute atomic E-state index is 0.0184. The lowest BCUT2D eigenvalue weighted by molar-refractivity contribution is -0.384. The molecule has 2 unspecified atom stereocenters. The fourth-order valence-corrected chi connectivity index (χ4v) is 6.31. The average Bonchev–Trinajstić information content (AvgIpc) is 3.33. The van der Waals surface area contributed by atoms with Gasteiger partial charge < -0.3 is 4.90 Å². The van der Waals surface area contributed by atoms with E-state index in [0.29, 0.717) is 5.92 Å². The Hall–Kier alpha value is -4.04. The lowest BCUT2D eigenvalue weighted by Crippen LogP contribution is -2.35. The molecule has 0 bridgehead atoms. The van der Waals surface area contributed by atoms with Crippen molar-refractivity contribution in [2.75, 3.05) is 0 Å². The smallest absolute Gasteiger partial charge is 0.270 e. The highest BCUT2D eigenvalue weighted by Gasteiger charge is 2.41. The number of fused-ring (bicyclic) bond motifs is 1. The minimum Gasteiger partial charge on any atom is -0.308 e. The van der Waals surface area contributed by atoms with Crippen molar-refractivity contribution in [3.05, 3.63) is 133 Å². The first-order valence-corrected chi connectivity index (χ1v) is 13.2. The lowest BCUT2D eigenvalue weighted by atomic mass is 9.78. The van der Waals surface area contributed by atoms with Crippen molar-refractivity contribution >= 4 is 34.4 Å². The van der Waals surface area contributed by atoms with Crippen molar-refractivity contribution in [2.45, 2.75) is 25.8 Å². The summed E-state index contributed by atoms with van der Waals surface area (Å²) in [6.07, 6.45) is 3.71. The maximum absolute atomic E-state index is 13.9. The Morgan fingerprint density at radius 3 is 2.45 bits per heavy atom. The van der Waals surface area contributed by atoms with Crippen molar-refractivity contribution in [1.82, 2.24) is 4.90 Å². The van der Waals surface area contributed by atoms with Crippen LogP contribution in [0.4, 0.5) is 14.5 Å². The van der Waals surface area contributed by atoms with Gasteiger partial charge in [0.15, 0.2) is 5.17 Å².